The van der Waals surface area contributed by atoms with Gasteiger partial charge >= 0.3 is 0 Å². The van der Waals surface area contributed by atoms with Gasteiger partial charge in [0.2, 0.25) is 0 Å². The molecule has 0 aromatic heterocycles. The number of hydrogen-bond donors (Lipinski definition) is 2. The predicted octanol–water partition coefficient (Wildman–Crippen LogP) is 1.60. The molecule has 0 heterocycles. The fraction of sp³-hybridized carbons (Fsp3) is 0.471. The first-order valence-corrected chi connectivity index (χ1v) is 7.35. The lowest BCUT2D eigenvalue weighted by atomic mass is 9.89. The fourth-order valence-corrected chi connectivity index (χ4v) is 2.46. The average molecular weight is 286 g/mol. The Kier molecular flexibility index (Phi) is 5.38. The van der Waals surface area contributed by atoms with Crippen molar-refractivity contribution in [3.63, 3.8) is 0 Å². The summed E-state index contributed by atoms with van der Waals surface area (Å²) in [4.78, 5) is 12.3. The molecule has 1 aromatic rings. The van der Waals surface area contributed by atoms with Crippen LogP contribution in [0.5, 0.6) is 0 Å². The van der Waals surface area contributed by atoms with Crippen LogP contribution in [-0.4, -0.2) is 31.2 Å². The third-order valence-corrected chi connectivity index (χ3v) is 3.51. The molecule has 0 saturated heterocycles. The van der Waals surface area contributed by atoms with Gasteiger partial charge in [-0.25, -0.2) is 0 Å². The van der Waals surface area contributed by atoms with E-state index in [9.17, 15) is 4.79 Å². The molecular formula is C17H22N2O2. The van der Waals surface area contributed by atoms with Crippen LogP contribution in [-0.2, 0) is 4.74 Å². The number of nitrogens with one attached hydrogen (secondary N) is 1. The number of aryl methyl sites for hydroxylation is 1. The minimum absolute atomic E-state index is 0.0468. The minimum Gasteiger partial charge on any atom is -0.378 e. The molecule has 1 aliphatic carbocycles. The fourth-order valence-electron chi connectivity index (χ4n) is 2.46. The van der Waals surface area contributed by atoms with Crippen LogP contribution in [0.1, 0.15) is 41.3 Å². The van der Waals surface area contributed by atoms with Crippen molar-refractivity contribution in [1.82, 2.24) is 5.32 Å². The molecule has 1 fully saturated rings. The summed E-state index contributed by atoms with van der Waals surface area (Å²) in [5.41, 5.74) is 7.87. The van der Waals surface area contributed by atoms with E-state index in [0.29, 0.717) is 18.2 Å². The van der Waals surface area contributed by atoms with E-state index >= 15 is 0 Å². The second-order valence-electron chi connectivity index (χ2n) is 5.31. The molecule has 1 aliphatic rings. The molecule has 2 rings (SSSR count). The smallest absolute Gasteiger partial charge is 0.251 e. The zero-order valence-corrected chi connectivity index (χ0v) is 12.6. The molecule has 3 N–H and O–H groups in total. The van der Waals surface area contributed by atoms with Gasteiger partial charge in [-0.3, -0.25) is 4.79 Å². The lowest BCUT2D eigenvalue weighted by Crippen LogP contribution is -2.47. The number of carbonyl (C=O) groups excluding carboxylic acids is 1. The van der Waals surface area contributed by atoms with E-state index in [-0.39, 0.29) is 11.9 Å². The maximum atomic E-state index is 12.3. The second kappa shape index (κ2) is 7.26. The van der Waals surface area contributed by atoms with Gasteiger partial charge in [-0.15, -0.1) is 0 Å². The highest BCUT2D eigenvalue weighted by molar-refractivity contribution is 5.95. The van der Waals surface area contributed by atoms with Gasteiger partial charge in [-0.2, -0.15) is 0 Å². The van der Waals surface area contributed by atoms with E-state index in [2.05, 4.69) is 17.2 Å². The summed E-state index contributed by atoms with van der Waals surface area (Å²) in [5, 5.41) is 3.04. The van der Waals surface area contributed by atoms with Crippen molar-refractivity contribution in [1.29, 1.82) is 0 Å². The maximum Gasteiger partial charge on any atom is 0.251 e. The molecule has 1 amide bonds. The normalized spacial score (nSPS) is 20.1. The van der Waals surface area contributed by atoms with E-state index in [4.69, 9.17) is 10.5 Å². The molecule has 0 spiro atoms. The summed E-state index contributed by atoms with van der Waals surface area (Å²) in [6, 6.07) is 5.85. The largest absolute Gasteiger partial charge is 0.378 e. The lowest BCUT2D eigenvalue weighted by molar-refractivity contribution is -0.00862. The molecule has 0 atom stereocenters. The van der Waals surface area contributed by atoms with Crippen LogP contribution < -0.4 is 11.1 Å². The molecule has 0 unspecified atom stereocenters. The number of hydrogen-bond acceptors (Lipinski definition) is 3. The van der Waals surface area contributed by atoms with E-state index in [1.807, 2.05) is 32.0 Å². The minimum atomic E-state index is -0.0468. The summed E-state index contributed by atoms with van der Waals surface area (Å²) < 4.78 is 5.50. The molecular weight excluding hydrogens is 264 g/mol. The van der Waals surface area contributed by atoms with E-state index in [1.54, 1.807) is 0 Å². The van der Waals surface area contributed by atoms with Crippen molar-refractivity contribution in [2.45, 2.75) is 38.8 Å². The van der Waals surface area contributed by atoms with E-state index < -0.39 is 0 Å². The zero-order chi connectivity index (χ0) is 15.2. The van der Waals surface area contributed by atoms with E-state index in [1.165, 1.54) is 0 Å². The summed E-state index contributed by atoms with van der Waals surface area (Å²) in [7, 11) is 0. The summed E-state index contributed by atoms with van der Waals surface area (Å²) in [5.74, 6) is 5.73. The lowest BCUT2D eigenvalue weighted by Gasteiger charge is -2.35. The Morgan fingerprint density at radius 1 is 1.43 bits per heavy atom. The standard InChI is InChI=1S/C17H22N2O2/c1-3-21-16-10-15(11-16)19-17(20)14-8-12(2)7-13(9-14)5-4-6-18/h7-9,15-16H,3,6,10-11,18H2,1-2H3,(H,19,20). The van der Waals surface area contributed by atoms with Crippen LogP contribution >= 0.6 is 0 Å². The predicted molar refractivity (Wildman–Crippen MR) is 83.0 cm³/mol. The number of nitrogens with two attached hydrogens (primary N) is 1. The molecule has 0 bridgehead atoms. The van der Waals surface area contributed by atoms with Crippen molar-refractivity contribution in [2.75, 3.05) is 13.2 Å². The highest BCUT2D eigenvalue weighted by Gasteiger charge is 2.30. The molecule has 4 nitrogen and oxygen atoms in total. The van der Waals surface area contributed by atoms with Gasteiger partial charge in [0.25, 0.3) is 5.91 Å². The summed E-state index contributed by atoms with van der Waals surface area (Å²) in [6.45, 7) is 4.99. The Labute approximate surface area is 126 Å². The van der Waals surface area contributed by atoms with Gasteiger partial charge in [-0.1, -0.05) is 11.8 Å². The van der Waals surface area contributed by atoms with Gasteiger partial charge in [0.05, 0.1) is 12.6 Å². The first-order chi connectivity index (χ1) is 10.1. The number of carbonyl (C=O) groups is 1. The van der Waals surface area contributed by atoms with Crippen molar-refractivity contribution in [3.8, 4) is 11.8 Å². The molecule has 1 aromatic carbocycles. The van der Waals surface area contributed by atoms with Gasteiger partial charge in [0.1, 0.15) is 0 Å². The SMILES string of the molecule is CCOC1CC(NC(=O)c2cc(C)cc(C#CCN)c2)C1. The maximum absolute atomic E-state index is 12.3. The molecule has 112 valence electrons. The Hall–Kier alpha value is -1.83. The molecule has 1 saturated carbocycles. The summed E-state index contributed by atoms with van der Waals surface area (Å²) in [6.07, 6.45) is 2.08. The van der Waals surface area contributed by atoms with Crippen molar-refractivity contribution in [2.24, 2.45) is 5.73 Å². The van der Waals surface area contributed by atoms with Crippen molar-refractivity contribution < 1.29 is 9.53 Å². The topological polar surface area (TPSA) is 64.3 Å². The Balaban J connectivity index is 1.98. The van der Waals surface area contributed by atoms with Gasteiger partial charge < -0.3 is 15.8 Å². The Morgan fingerprint density at radius 3 is 2.86 bits per heavy atom. The van der Waals surface area contributed by atoms with Crippen molar-refractivity contribution >= 4 is 5.91 Å². The Morgan fingerprint density at radius 2 is 2.19 bits per heavy atom. The monoisotopic (exact) mass is 286 g/mol. The van der Waals surface area contributed by atoms with Crippen LogP contribution in [0, 0.1) is 18.8 Å². The highest BCUT2D eigenvalue weighted by Crippen LogP contribution is 2.23. The van der Waals surface area contributed by atoms with Crippen LogP contribution in [0.25, 0.3) is 0 Å². The highest BCUT2D eigenvalue weighted by atomic mass is 16.5. The first-order valence-electron chi connectivity index (χ1n) is 7.35. The van der Waals surface area contributed by atoms with Gasteiger partial charge in [0.15, 0.2) is 0 Å². The van der Waals surface area contributed by atoms with Crippen LogP contribution in [0.4, 0.5) is 0 Å². The average Bonchev–Trinajstić information content (AvgIpc) is 2.42. The van der Waals surface area contributed by atoms with Gasteiger partial charge in [0, 0.05) is 23.8 Å². The molecule has 21 heavy (non-hydrogen) atoms. The quantitative estimate of drug-likeness (QED) is 0.826. The Bertz CT molecular complexity index is 566. The zero-order valence-electron chi connectivity index (χ0n) is 12.6. The van der Waals surface area contributed by atoms with E-state index in [0.717, 1.165) is 30.6 Å². The molecule has 0 aliphatic heterocycles. The van der Waals surface area contributed by atoms with Crippen LogP contribution in [0.3, 0.4) is 0 Å². The first kappa shape index (κ1) is 15.6. The van der Waals surface area contributed by atoms with Crippen molar-refractivity contribution in [3.05, 3.63) is 34.9 Å². The van der Waals surface area contributed by atoms with Crippen LogP contribution in [0.15, 0.2) is 18.2 Å². The number of benzene rings is 1. The van der Waals surface area contributed by atoms with Gasteiger partial charge in [-0.05, 0) is 50.5 Å². The van der Waals surface area contributed by atoms with Crippen LogP contribution in [0.2, 0.25) is 0 Å². The number of rotatable bonds is 4. The number of amides is 1. The third kappa shape index (κ3) is 4.32. The molecule has 0 radical (unpaired) electrons. The third-order valence-electron chi connectivity index (χ3n) is 3.51. The summed E-state index contributed by atoms with van der Waals surface area (Å²) >= 11 is 0. The second-order valence-corrected chi connectivity index (χ2v) is 5.31. The number of ether oxygens (including phenoxy) is 1. The molecule has 4 heteroatoms.